The molecular formula is C14H10FN2O2-. The van der Waals surface area contributed by atoms with Crippen molar-refractivity contribution in [2.24, 2.45) is 0 Å². The molecule has 0 fully saturated rings. The Bertz CT molecular complexity index is 645. The zero-order valence-corrected chi connectivity index (χ0v) is 9.84. The number of halogens is 1. The second kappa shape index (κ2) is 4.37. The van der Waals surface area contributed by atoms with Gasteiger partial charge < -0.3 is 15.6 Å². The van der Waals surface area contributed by atoms with Gasteiger partial charge in [0.15, 0.2) is 0 Å². The van der Waals surface area contributed by atoms with E-state index in [1.165, 1.54) is 18.2 Å². The first kappa shape index (κ1) is 11.7. The van der Waals surface area contributed by atoms with E-state index in [-0.39, 0.29) is 10.6 Å². The van der Waals surface area contributed by atoms with Gasteiger partial charge >= 0.3 is 0 Å². The van der Waals surface area contributed by atoms with Crippen molar-refractivity contribution in [3.63, 3.8) is 0 Å². The van der Waals surface area contributed by atoms with Gasteiger partial charge in [0.1, 0.15) is 12.0 Å². The number of nitrogens with one attached hydrogen (secondary N) is 1. The van der Waals surface area contributed by atoms with Crippen LogP contribution in [0.15, 0.2) is 48.5 Å². The normalized spacial score (nSPS) is 17.9. The van der Waals surface area contributed by atoms with Crippen LogP contribution >= 0.6 is 0 Å². The van der Waals surface area contributed by atoms with Crippen LogP contribution in [0.25, 0.3) is 0 Å². The Morgan fingerprint density at radius 3 is 2.58 bits per heavy atom. The summed E-state index contributed by atoms with van der Waals surface area (Å²) in [5.41, 5.74) is 0.985. The van der Waals surface area contributed by atoms with E-state index in [0.717, 1.165) is 0 Å². The topological polar surface area (TPSA) is 55.4 Å². The van der Waals surface area contributed by atoms with E-state index in [2.05, 4.69) is 5.32 Å². The number of hydrogen-bond donors (Lipinski definition) is 1. The SMILES string of the molecule is O=C1c2ccccc2NC(c2ccccc2F)N1[O-]. The molecule has 2 aromatic rings. The first-order valence-corrected chi connectivity index (χ1v) is 5.79. The Hall–Kier alpha value is -2.40. The van der Waals surface area contributed by atoms with Crippen molar-refractivity contribution in [3.05, 3.63) is 70.7 Å². The van der Waals surface area contributed by atoms with E-state index < -0.39 is 17.9 Å². The molecule has 0 bridgehead atoms. The van der Waals surface area contributed by atoms with Crippen LogP contribution in [0.4, 0.5) is 10.1 Å². The number of hydrogen-bond acceptors (Lipinski definition) is 3. The summed E-state index contributed by atoms with van der Waals surface area (Å²) in [6.07, 6.45) is -1.04. The molecule has 1 unspecified atom stereocenters. The molecule has 1 amide bonds. The van der Waals surface area contributed by atoms with Gasteiger partial charge in [0.05, 0.1) is 5.56 Å². The second-order valence-electron chi connectivity index (χ2n) is 4.24. The van der Waals surface area contributed by atoms with E-state index in [1.807, 2.05) is 0 Å². The number of benzene rings is 2. The maximum absolute atomic E-state index is 13.7. The number of hydroxylamine groups is 2. The number of carbonyl (C=O) groups is 1. The summed E-state index contributed by atoms with van der Waals surface area (Å²) < 4.78 is 13.7. The van der Waals surface area contributed by atoms with Crippen LogP contribution in [0.5, 0.6) is 0 Å². The maximum Gasteiger partial charge on any atom is 0.247 e. The molecular weight excluding hydrogens is 247 g/mol. The van der Waals surface area contributed by atoms with Crippen molar-refractivity contribution in [2.45, 2.75) is 6.17 Å². The zero-order chi connectivity index (χ0) is 13.4. The molecule has 1 atom stereocenters. The molecule has 1 aliphatic heterocycles. The molecule has 19 heavy (non-hydrogen) atoms. The molecule has 96 valence electrons. The maximum atomic E-state index is 13.7. The highest BCUT2D eigenvalue weighted by atomic mass is 19.1. The molecule has 0 aromatic heterocycles. The average Bonchev–Trinajstić information content (AvgIpc) is 2.44. The lowest BCUT2D eigenvalue weighted by Crippen LogP contribution is -2.39. The highest BCUT2D eigenvalue weighted by Crippen LogP contribution is 2.32. The molecule has 4 nitrogen and oxygen atoms in total. The van der Waals surface area contributed by atoms with Gasteiger partial charge in [-0.1, -0.05) is 30.3 Å². The standard InChI is InChI=1S/C14H10FN2O2/c15-11-7-3-1-5-9(11)13-16-12-8-4-2-6-10(12)14(18)17(13)19/h1-8,13,16H/q-1. The number of carbonyl (C=O) groups excluding carboxylic acids is 1. The van der Waals surface area contributed by atoms with Crippen LogP contribution in [0.2, 0.25) is 0 Å². The van der Waals surface area contributed by atoms with Crippen molar-refractivity contribution in [2.75, 3.05) is 5.32 Å². The lowest BCUT2D eigenvalue weighted by Gasteiger charge is -2.42. The quantitative estimate of drug-likeness (QED) is 0.854. The Balaban J connectivity index is 2.07. The predicted octanol–water partition coefficient (Wildman–Crippen LogP) is 2.89. The summed E-state index contributed by atoms with van der Waals surface area (Å²) in [5, 5.41) is 15.1. The molecule has 5 heteroatoms. The van der Waals surface area contributed by atoms with Crippen LogP contribution in [-0.2, 0) is 0 Å². The fourth-order valence-electron chi connectivity index (χ4n) is 2.14. The van der Waals surface area contributed by atoms with Crippen molar-refractivity contribution in [3.8, 4) is 0 Å². The molecule has 1 aliphatic rings. The van der Waals surface area contributed by atoms with Crippen molar-refractivity contribution < 1.29 is 9.18 Å². The van der Waals surface area contributed by atoms with Gasteiger partial charge in [-0.05, 0) is 18.2 Å². The summed E-state index contributed by atoms with van der Waals surface area (Å²) in [6.45, 7) is 0. The van der Waals surface area contributed by atoms with Crippen molar-refractivity contribution >= 4 is 11.6 Å². The monoisotopic (exact) mass is 257 g/mol. The Morgan fingerprint density at radius 1 is 1.11 bits per heavy atom. The van der Waals surface area contributed by atoms with Gasteiger partial charge in [0.25, 0.3) is 0 Å². The van der Waals surface area contributed by atoms with Gasteiger partial charge in [-0.3, -0.25) is 4.79 Å². The molecule has 0 radical (unpaired) electrons. The molecule has 1 heterocycles. The summed E-state index contributed by atoms with van der Waals surface area (Å²) in [7, 11) is 0. The van der Waals surface area contributed by atoms with E-state index in [1.54, 1.807) is 30.3 Å². The van der Waals surface area contributed by atoms with Crippen LogP contribution in [0, 0.1) is 11.0 Å². The van der Waals surface area contributed by atoms with E-state index >= 15 is 0 Å². The highest BCUT2D eigenvalue weighted by Gasteiger charge is 2.28. The van der Waals surface area contributed by atoms with E-state index in [0.29, 0.717) is 11.3 Å². The highest BCUT2D eigenvalue weighted by molar-refractivity contribution is 6.01. The van der Waals surface area contributed by atoms with E-state index in [4.69, 9.17) is 0 Å². The first-order valence-electron chi connectivity index (χ1n) is 5.79. The minimum atomic E-state index is -1.04. The first-order chi connectivity index (χ1) is 9.18. The summed E-state index contributed by atoms with van der Waals surface area (Å²) >= 11 is 0. The fourth-order valence-corrected chi connectivity index (χ4v) is 2.14. The number of fused-ring (bicyclic) bond motifs is 1. The molecule has 0 saturated carbocycles. The second-order valence-corrected chi connectivity index (χ2v) is 4.24. The molecule has 0 spiro atoms. The number of anilines is 1. The van der Waals surface area contributed by atoms with Gasteiger partial charge in [0.2, 0.25) is 5.91 Å². The molecule has 0 aliphatic carbocycles. The lowest BCUT2D eigenvalue weighted by atomic mass is 10.1. The van der Waals surface area contributed by atoms with Crippen LogP contribution in [0.1, 0.15) is 22.1 Å². The smallest absolute Gasteiger partial charge is 0.247 e. The van der Waals surface area contributed by atoms with Gasteiger partial charge in [0, 0.05) is 11.3 Å². The predicted molar refractivity (Wildman–Crippen MR) is 68.7 cm³/mol. The Kier molecular flexibility index (Phi) is 2.68. The van der Waals surface area contributed by atoms with Gasteiger partial charge in [-0.2, -0.15) is 0 Å². The lowest BCUT2D eigenvalue weighted by molar-refractivity contribution is 0.0769. The molecule has 0 saturated heterocycles. The molecule has 1 N–H and O–H groups in total. The number of nitrogens with zero attached hydrogens (tertiary/aromatic N) is 1. The molecule has 2 aromatic carbocycles. The van der Waals surface area contributed by atoms with Crippen molar-refractivity contribution in [1.29, 1.82) is 0 Å². The van der Waals surface area contributed by atoms with Crippen molar-refractivity contribution in [1.82, 2.24) is 5.06 Å². The Morgan fingerprint density at radius 2 is 1.79 bits per heavy atom. The van der Waals surface area contributed by atoms with Gasteiger partial charge in [-0.25, -0.2) is 4.39 Å². The number of para-hydroxylation sites is 1. The minimum Gasteiger partial charge on any atom is -0.754 e. The minimum absolute atomic E-state index is 0.153. The zero-order valence-electron chi connectivity index (χ0n) is 9.84. The summed E-state index contributed by atoms with van der Waals surface area (Å²) in [5.74, 6) is -1.18. The van der Waals surface area contributed by atoms with Crippen LogP contribution < -0.4 is 5.32 Å². The van der Waals surface area contributed by atoms with Gasteiger partial charge in [-0.15, -0.1) is 0 Å². The van der Waals surface area contributed by atoms with E-state index in [9.17, 15) is 14.4 Å². The summed E-state index contributed by atoms with van der Waals surface area (Å²) in [6, 6.07) is 12.6. The average molecular weight is 257 g/mol. The third kappa shape index (κ3) is 1.84. The Labute approximate surface area is 109 Å². The molecule has 3 rings (SSSR count). The third-order valence-corrected chi connectivity index (χ3v) is 3.08. The van der Waals surface area contributed by atoms with Crippen LogP contribution in [0.3, 0.4) is 0 Å². The van der Waals surface area contributed by atoms with Crippen LogP contribution in [-0.4, -0.2) is 11.0 Å². The number of rotatable bonds is 1. The number of amides is 1. The largest absolute Gasteiger partial charge is 0.754 e. The third-order valence-electron chi connectivity index (χ3n) is 3.08. The fraction of sp³-hybridized carbons (Fsp3) is 0.0714. The summed E-state index contributed by atoms with van der Waals surface area (Å²) in [4.78, 5) is 12.0.